The van der Waals surface area contributed by atoms with Crippen LogP contribution in [0.1, 0.15) is 30.7 Å². The second kappa shape index (κ2) is 8.86. The van der Waals surface area contributed by atoms with Crippen LogP contribution in [-0.4, -0.2) is 45.6 Å². The van der Waals surface area contributed by atoms with E-state index in [1.54, 1.807) is 19.5 Å². The number of likely N-dealkylation sites (tertiary alicyclic amines) is 1. The van der Waals surface area contributed by atoms with Crippen molar-refractivity contribution in [2.24, 2.45) is 0 Å². The van der Waals surface area contributed by atoms with Crippen molar-refractivity contribution >= 4 is 5.91 Å². The van der Waals surface area contributed by atoms with Crippen molar-refractivity contribution in [1.29, 1.82) is 0 Å². The second-order valence-electron chi connectivity index (χ2n) is 7.20. The molecule has 2 aromatic heterocycles. The predicted molar refractivity (Wildman–Crippen MR) is 107 cm³/mol. The Morgan fingerprint density at radius 2 is 2.14 bits per heavy atom. The fourth-order valence-corrected chi connectivity index (χ4v) is 3.74. The highest BCUT2D eigenvalue weighted by Gasteiger charge is 2.28. The Morgan fingerprint density at radius 1 is 1.28 bits per heavy atom. The lowest BCUT2D eigenvalue weighted by Crippen LogP contribution is -2.36. The average molecular weight is 392 g/mol. The van der Waals surface area contributed by atoms with E-state index in [0.29, 0.717) is 24.6 Å². The Hall–Kier alpha value is -3.22. The van der Waals surface area contributed by atoms with Gasteiger partial charge in [0.2, 0.25) is 5.91 Å². The third-order valence-electron chi connectivity index (χ3n) is 5.29. The van der Waals surface area contributed by atoms with Gasteiger partial charge in [-0.2, -0.15) is 4.98 Å². The number of hydrogen-bond acceptors (Lipinski definition) is 6. The molecular weight excluding hydrogens is 368 g/mol. The average Bonchev–Trinajstić information content (AvgIpc) is 3.43. The molecule has 1 aliphatic heterocycles. The van der Waals surface area contributed by atoms with Gasteiger partial charge in [0.25, 0.3) is 5.89 Å². The largest absolute Gasteiger partial charge is 0.497 e. The van der Waals surface area contributed by atoms with Gasteiger partial charge < -0.3 is 14.2 Å². The van der Waals surface area contributed by atoms with Gasteiger partial charge in [-0.1, -0.05) is 17.3 Å². The second-order valence-corrected chi connectivity index (χ2v) is 7.20. The molecule has 7 heteroatoms. The molecule has 3 aromatic rings. The van der Waals surface area contributed by atoms with Crippen molar-refractivity contribution < 1.29 is 14.1 Å². The molecule has 1 fully saturated rings. The number of hydrogen-bond donors (Lipinski definition) is 0. The lowest BCUT2D eigenvalue weighted by atomic mass is 10.1. The number of carbonyl (C=O) groups excluding carboxylic acids is 1. The van der Waals surface area contributed by atoms with Crippen LogP contribution in [-0.2, 0) is 17.6 Å². The number of methoxy groups -OCH3 is 1. The topological polar surface area (TPSA) is 81.4 Å². The number of pyridine rings is 1. The quantitative estimate of drug-likeness (QED) is 0.614. The summed E-state index contributed by atoms with van der Waals surface area (Å²) in [5, 5.41) is 4.08. The molecule has 1 amide bonds. The third kappa shape index (κ3) is 4.62. The highest BCUT2D eigenvalue weighted by Crippen LogP contribution is 2.24. The van der Waals surface area contributed by atoms with Crippen molar-refractivity contribution in [1.82, 2.24) is 20.0 Å². The lowest BCUT2D eigenvalue weighted by Gasteiger charge is -2.24. The van der Waals surface area contributed by atoms with Crippen LogP contribution in [0.2, 0.25) is 0 Å². The van der Waals surface area contributed by atoms with Gasteiger partial charge in [0, 0.05) is 31.4 Å². The van der Waals surface area contributed by atoms with Gasteiger partial charge in [-0.05, 0) is 49.1 Å². The Bertz CT molecular complexity index is 940. The molecule has 7 nitrogen and oxygen atoms in total. The minimum atomic E-state index is 0.168. The summed E-state index contributed by atoms with van der Waals surface area (Å²) in [5.74, 6) is 2.11. The first-order valence-electron chi connectivity index (χ1n) is 9.88. The van der Waals surface area contributed by atoms with Crippen molar-refractivity contribution in [3.63, 3.8) is 0 Å². The predicted octanol–water partition coefficient (Wildman–Crippen LogP) is 3.31. The highest BCUT2D eigenvalue weighted by atomic mass is 16.5. The molecule has 1 aromatic carbocycles. The van der Waals surface area contributed by atoms with E-state index < -0.39 is 0 Å². The molecule has 1 atom stereocenters. The van der Waals surface area contributed by atoms with Gasteiger partial charge in [-0.25, -0.2) is 0 Å². The Balaban J connectivity index is 1.33. The number of aromatic nitrogens is 3. The van der Waals surface area contributed by atoms with E-state index in [1.807, 2.05) is 41.3 Å². The van der Waals surface area contributed by atoms with Crippen LogP contribution in [0.5, 0.6) is 5.75 Å². The molecule has 0 radical (unpaired) electrons. The van der Waals surface area contributed by atoms with Crippen LogP contribution in [0.25, 0.3) is 11.5 Å². The summed E-state index contributed by atoms with van der Waals surface area (Å²) < 4.78 is 10.5. The zero-order valence-electron chi connectivity index (χ0n) is 16.5. The molecule has 0 aliphatic carbocycles. The van der Waals surface area contributed by atoms with E-state index in [1.165, 1.54) is 0 Å². The molecule has 1 saturated heterocycles. The first-order chi connectivity index (χ1) is 14.2. The van der Waals surface area contributed by atoms with Gasteiger partial charge in [-0.3, -0.25) is 9.78 Å². The van der Waals surface area contributed by atoms with E-state index in [2.05, 4.69) is 15.1 Å². The molecule has 0 spiro atoms. The van der Waals surface area contributed by atoms with Gasteiger partial charge >= 0.3 is 0 Å². The van der Waals surface area contributed by atoms with Gasteiger partial charge in [0.1, 0.15) is 5.75 Å². The SMILES string of the molecule is COc1ccc(CC(=O)N2CCCC2CCc2noc(-c3cccnc3)n2)cc1. The highest BCUT2D eigenvalue weighted by molar-refractivity contribution is 5.79. The third-order valence-corrected chi connectivity index (χ3v) is 5.29. The number of carbonyl (C=O) groups is 1. The number of aryl methyl sites for hydroxylation is 1. The minimum absolute atomic E-state index is 0.168. The molecule has 3 heterocycles. The number of rotatable bonds is 7. The minimum Gasteiger partial charge on any atom is -0.497 e. The Labute approximate surface area is 169 Å². The Kier molecular flexibility index (Phi) is 5.84. The summed E-state index contributed by atoms with van der Waals surface area (Å²) in [6.07, 6.45) is 7.38. The van der Waals surface area contributed by atoms with Crippen LogP contribution in [0.3, 0.4) is 0 Å². The molecule has 4 rings (SSSR count). The molecule has 1 aliphatic rings. The summed E-state index contributed by atoms with van der Waals surface area (Å²) in [7, 11) is 1.64. The summed E-state index contributed by atoms with van der Waals surface area (Å²) in [5.41, 5.74) is 1.81. The van der Waals surface area contributed by atoms with Crippen LogP contribution < -0.4 is 4.74 Å². The summed E-state index contributed by atoms with van der Waals surface area (Å²) in [6, 6.07) is 11.6. The number of benzene rings is 1. The fraction of sp³-hybridized carbons (Fsp3) is 0.364. The van der Waals surface area contributed by atoms with E-state index >= 15 is 0 Å². The van der Waals surface area contributed by atoms with E-state index in [-0.39, 0.29) is 11.9 Å². The summed E-state index contributed by atoms with van der Waals surface area (Å²) in [4.78, 5) is 23.4. The first kappa shape index (κ1) is 19.1. The molecule has 0 bridgehead atoms. The Morgan fingerprint density at radius 3 is 2.90 bits per heavy atom. The number of nitrogens with zero attached hydrogens (tertiary/aromatic N) is 4. The van der Waals surface area contributed by atoms with Crippen molar-refractivity contribution in [3.05, 3.63) is 60.2 Å². The van der Waals surface area contributed by atoms with Gasteiger partial charge in [-0.15, -0.1) is 0 Å². The summed E-state index contributed by atoms with van der Waals surface area (Å²) in [6.45, 7) is 0.812. The fourth-order valence-electron chi connectivity index (χ4n) is 3.74. The number of amides is 1. The zero-order valence-corrected chi connectivity index (χ0v) is 16.5. The molecular formula is C22H24N4O3. The molecule has 0 saturated carbocycles. The van der Waals surface area contributed by atoms with E-state index in [4.69, 9.17) is 9.26 Å². The first-order valence-corrected chi connectivity index (χ1v) is 9.88. The maximum absolute atomic E-state index is 12.8. The maximum Gasteiger partial charge on any atom is 0.259 e. The normalized spacial score (nSPS) is 16.2. The molecule has 29 heavy (non-hydrogen) atoms. The number of ether oxygens (including phenoxy) is 1. The van der Waals surface area contributed by atoms with Crippen LogP contribution in [0.15, 0.2) is 53.3 Å². The van der Waals surface area contributed by atoms with Crippen LogP contribution in [0.4, 0.5) is 0 Å². The van der Waals surface area contributed by atoms with E-state index in [9.17, 15) is 4.79 Å². The molecule has 0 N–H and O–H groups in total. The van der Waals surface area contributed by atoms with E-state index in [0.717, 1.165) is 42.7 Å². The lowest BCUT2D eigenvalue weighted by molar-refractivity contribution is -0.131. The van der Waals surface area contributed by atoms with Crippen molar-refractivity contribution in [2.45, 2.75) is 38.1 Å². The summed E-state index contributed by atoms with van der Waals surface area (Å²) >= 11 is 0. The van der Waals surface area contributed by atoms with Crippen LogP contribution >= 0.6 is 0 Å². The van der Waals surface area contributed by atoms with Crippen molar-refractivity contribution in [2.75, 3.05) is 13.7 Å². The standard InChI is InChI=1S/C22H24N4O3/c1-28-19-9-6-16(7-10-19)14-21(27)26-13-3-5-18(26)8-11-20-24-22(29-25-20)17-4-2-12-23-15-17/h2,4,6-7,9-10,12,15,18H,3,5,8,11,13-14H2,1H3. The van der Waals surface area contributed by atoms with Gasteiger partial charge in [0.05, 0.1) is 19.1 Å². The molecule has 150 valence electrons. The zero-order chi connectivity index (χ0) is 20.1. The van der Waals surface area contributed by atoms with Crippen LogP contribution in [0, 0.1) is 0 Å². The van der Waals surface area contributed by atoms with Gasteiger partial charge in [0.15, 0.2) is 5.82 Å². The maximum atomic E-state index is 12.8. The van der Waals surface area contributed by atoms with Crippen molar-refractivity contribution in [3.8, 4) is 17.2 Å². The molecule has 1 unspecified atom stereocenters. The monoisotopic (exact) mass is 392 g/mol. The smallest absolute Gasteiger partial charge is 0.259 e.